The molecule has 1 aromatic carbocycles. The van der Waals surface area contributed by atoms with Crippen molar-refractivity contribution in [3.8, 4) is 6.07 Å². The molecular formula is C10H6FN3. The molecule has 0 amide bonds. The second-order valence-corrected chi connectivity index (χ2v) is 2.86. The molecule has 0 aliphatic heterocycles. The first-order valence-electron chi connectivity index (χ1n) is 3.96. The number of fused-ring (bicyclic) bond motifs is 1. The molecule has 0 fully saturated rings. The summed E-state index contributed by atoms with van der Waals surface area (Å²) in [7, 11) is 0. The van der Waals surface area contributed by atoms with E-state index in [4.69, 9.17) is 11.0 Å². The summed E-state index contributed by atoms with van der Waals surface area (Å²) in [6.45, 7) is 0. The van der Waals surface area contributed by atoms with Crippen LogP contribution < -0.4 is 5.73 Å². The van der Waals surface area contributed by atoms with E-state index < -0.39 is 0 Å². The Morgan fingerprint density at radius 1 is 1.43 bits per heavy atom. The second kappa shape index (κ2) is 2.96. The van der Waals surface area contributed by atoms with E-state index in [-0.39, 0.29) is 5.82 Å². The summed E-state index contributed by atoms with van der Waals surface area (Å²) in [5.74, 6) is -0.367. The predicted octanol–water partition coefficient (Wildman–Crippen LogP) is 1.83. The molecule has 1 aromatic heterocycles. The molecule has 14 heavy (non-hydrogen) atoms. The smallest absolute Gasteiger partial charge is 0.125 e. The van der Waals surface area contributed by atoms with Crippen molar-refractivity contribution in [3.05, 3.63) is 35.8 Å². The van der Waals surface area contributed by atoms with Crippen LogP contribution in [0.5, 0.6) is 0 Å². The number of hydrogen-bond donors (Lipinski definition) is 1. The van der Waals surface area contributed by atoms with Gasteiger partial charge in [0.1, 0.15) is 11.9 Å². The van der Waals surface area contributed by atoms with Crippen molar-refractivity contribution >= 4 is 16.6 Å². The molecule has 4 heteroatoms. The lowest BCUT2D eigenvalue weighted by molar-refractivity contribution is 0.629. The van der Waals surface area contributed by atoms with Crippen LogP contribution in [-0.2, 0) is 0 Å². The Kier molecular flexibility index (Phi) is 1.79. The summed E-state index contributed by atoms with van der Waals surface area (Å²) in [6.07, 6.45) is 1.34. The summed E-state index contributed by atoms with van der Waals surface area (Å²) in [4.78, 5) is 3.93. The minimum Gasteiger partial charge on any atom is -0.397 e. The van der Waals surface area contributed by atoms with Gasteiger partial charge in [0.25, 0.3) is 0 Å². The first kappa shape index (κ1) is 8.45. The third-order valence-electron chi connectivity index (χ3n) is 1.99. The summed E-state index contributed by atoms with van der Waals surface area (Å²) in [6, 6.07) is 6.02. The summed E-state index contributed by atoms with van der Waals surface area (Å²) in [5.41, 5.74) is 6.81. The molecule has 68 valence electrons. The van der Waals surface area contributed by atoms with Gasteiger partial charge in [0, 0.05) is 17.6 Å². The fraction of sp³-hybridized carbons (Fsp3) is 0. The molecule has 2 rings (SSSR count). The SMILES string of the molecule is N#Cc1cnc2cc(F)ccc2c1N. The minimum absolute atomic E-state index is 0.309. The van der Waals surface area contributed by atoms with Crippen LogP contribution in [0.3, 0.4) is 0 Å². The number of anilines is 1. The van der Waals surface area contributed by atoms with Gasteiger partial charge in [-0.3, -0.25) is 4.98 Å². The molecule has 1 heterocycles. The quantitative estimate of drug-likeness (QED) is 0.684. The van der Waals surface area contributed by atoms with Crippen molar-refractivity contribution < 1.29 is 4.39 Å². The molecule has 0 spiro atoms. The summed E-state index contributed by atoms with van der Waals surface area (Å²) < 4.78 is 12.8. The van der Waals surface area contributed by atoms with Gasteiger partial charge in [0.15, 0.2) is 0 Å². The van der Waals surface area contributed by atoms with Gasteiger partial charge in [0.2, 0.25) is 0 Å². The van der Waals surface area contributed by atoms with Crippen molar-refractivity contribution in [1.29, 1.82) is 5.26 Å². The zero-order valence-electron chi connectivity index (χ0n) is 7.16. The van der Waals surface area contributed by atoms with Crippen LogP contribution in [0.4, 0.5) is 10.1 Å². The first-order valence-corrected chi connectivity index (χ1v) is 3.96. The van der Waals surface area contributed by atoms with Crippen LogP contribution in [0.25, 0.3) is 10.9 Å². The highest BCUT2D eigenvalue weighted by atomic mass is 19.1. The lowest BCUT2D eigenvalue weighted by Crippen LogP contribution is -1.94. The highest BCUT2D eigenvalue weighted by molar-refractivity contribution is 5.92. The van der Waals surface area contributed by atoms with E-state index in [1.54, 1.807) is 0 Å². The number of benzene rings is 1. The average molecular weight is 187 g/mol. The molecule has 0 bridgehead atoms. The number of nitrogens with zero attached hydrogens (tertiary/aromatic N) is 2. The molecule has 0 radical (unpaired) electrons. The zero-order chi connectivity index (χ0) is 10.1. The van der Waals surface area contributed by atoms with E-state index >= 15 is 0 Å². The van der Waals surface area contributed by atoms with E-state index in [1.807, 2.05) is 6.07 Å². The van der Waals surface area contributed by atoms with Gasteiger partial charge in [-0.1, -0.05) is 0 Å². The Morgan fingerprint density at radius 2 is 2.21 bits per heavy atom. The number of nitriles is 1. The molecule has 0 aliphatic carbocycles. The van der Waals surface area contributed by atoms with Crippen molar-refractivity contribution in [2.45, 2.75) is 0 Å². The molecule has 2 N–H and O–H groups in total. The average Bonchev–Trinajstić information content (AvgIpc) is 2.18. The molecule has 2 aromatic rings. The maximum Gasteiger partial charge on any atom is 0.125 e. The lowest BCUT2D eigenvalue weighted by Gasteiger charge is -2.02. The van der Waals surface area contributed by atoms with Crippen LogP contribution >= 0.6 is 0 Å². The Hall–Kier alpha value is -2.15. The number of pyridine rings is 1. The van der Waals surface area contributed by atoms with Gasteiger partial charge in [-0.2, -0.15) is 5.26 Å². The predicted molar refractivity (Wildman–Crippen MR) is 50.8 cm³/mol. The molecule has 0 unspecified atom stereocenters. The Balaban J connectivity index is 2.85. The fourth-order valence-corrected chi connectivity index (χ4v) is 1.28. The number of rotatable bonds is 0. The highest BCUT2D eigenvalue weighted by Crippen LogP contribution is 2.22. The highest BCUT2D eigenvalue weighted by Gasteiger charge is 2.05. The molecule has 0 saturated heterocycles. The molecule has 0 atom stereocenters. The topological polar surface area (TPSA) is 62.7 Å². The number of nitrogen functional groups attached to an aromatic ring is 1. The van der Waals surface area contributed by atoms with Crippen LogP contribution in [0.15, 0.2) is 24.4 Å². The Bertz CT molecular complexity index is 543. The third kappa shape index (κ3) is 1.15. The summed E-state index contributed by atoms with van der Waals surface area (Å²) >= 11 is 0. The van der Waals surface area contributed by atoms with Crippen LogP contribution in [0.1, 0.15) is 5.56 Å². The van der Waals surface area contributed by atoms with Gasteiger partial charge in [-0.15, -0.1) is 0 Å². The standard InChI is InChI=1S/C10H6FN3/c11-7-1-2-8-9(3-7)14-5-6(4-12)10(8)13/h1-3,5H,(H2,13,14). The van der Waals surface area contributed by atoms with Crippen molar-refractivity contribution in [3.63, 3.8) is 0 Å². The van der Waals surface area contributed by atoms with E-state index in [1.165, 1.54) is 24.4 Å². The first-order chi connectivity index (χ1) is 6.72. The molecular weight excluding hydrogens is 181 g/mol. The maximum atomic E-state index is 12.8. The van der Waals surface area contributed by atoms with Gasteiger partial charge in [-0.05, 0) is 12.1 Å². The normalized spacial score (nSPS) is 10.0. The molecule has 0 aliphatic rings. The number of halogens is 1. The number of aromatic nitrogens is 1. The largest absolute Gasteiger partial charge is 0.397 e. The lowest BCUT2D eigenvalue weighted by atomic mass is 10.1. The van der Waals surface area contributed by atoms with Gasteiger partial charge in [-0.25, -0.2) is 4.39 Å². The zero-order valence-corrected chi connectivity index (χ0v) is 7.16. The van der Waals surface area contributed by atoms with Gasteiger partial charge >= 0.3 is 0 Å². The van der Waals surface area contributed by atoms with Crippen LogP contribution in [0, 0.1) is 17.1 Å². The van der Waals surface area contributed by atoms with E-state index in [0.717, 1.165) is 0 Å². The van der Waals surface area contributed by atoms with Crippen molar-refractivity contribution in [2.75, 3.05) is 5.73 Å². The molecule has 3 nitrogen and oxygen atoms in total. The Labute approximate surface area is 79.6 Å². The van der Waals surface area contributed by atoms with Gasteiger partial charge < -0.3 is 5.73 Å². The Morgan fingerprint density at radius 3 is 2.93 bits per heavy atom. The van der Waals surface area contributed by atoms with Crippen LogP contribution in [-0.4, -0.2) is 4.98 Å². The molecule has 0 saturated carbocycles. The van der Waals surface area contributed by atoms with E-state index in [9.17, 15) is 4.39 Å². The third-order valence-corrected chi connectivity index (χ3v) is 1.99. The van der Waals surface area contributed by atoms with E-state index in [2.05, 4.69) is 4.98 Å². The summed E-state index contributed by atoms with van der Waals surface area (Å²) in [5, 5.41) is 9.29. The minimum atomic E-state index is -0.367. The monoisotopic (exact) mass is 187 g/mol. The van der Waals surface area contributed by atoms with Crippen LogP contribution in [0.2, 0.25) is 0 Å². The van der Waals surface area contributed by atoms with Gasteiger partial charge in [0.05, 0.1) is 16.8 Å². The van der Waals surface area contributed by atoms with Crippen molar-refractivity contribution in [2.24, 2.45) is 0 Å². The maximum absolute atomic E-state index is 12.8. The fourth-order valence-electron chi connectivity index (χ4n) is 1.28. The van der Waals surface area contributed by atoms with Crippen molar-refractivity contribution in [1.82, 2.24) is 4.98 Å². The van der Waals surface area contributed by atoms with E-state index in [0.29, 0.717) is 22.2 Å². The second-order valence-electron chi connectivity index (χ2n) is 2.86. The number of nitrogens with two attached hydrogens (primary N) is 1. The number of hydrogen-bond acceptors (Lipinski definition) is 3.